The number of carbonyl (C=O) groups is 1. The standard InChI is InChI=1S/C14H9ClF3NO2/c15-10-4-1-8(2-5-10)9-3-6-11(13(19)20)12(7-9)21-14(16,17)18/h1-7H,(H2,19,20). The number of primary amides is 1. The Balaban J connectivity index is 2.48. The van der Waals surface area contributed by atoms with Crippen LogP contribution in [0.3, 0.4) is 0 Å². The molecule has 0 bridgehead atoms. The third kappa shape index (κ3) is 3.88. The van der Waals surface area contributed by atoms with E-state index >= 15 is 0 Å². The summed E-state index contributed by atoms with van der Waals surface area (Å²) in [6.45, 7) is 0. The normalized spacial score (nSPS) is 11.2. The monoisotopic (exact) mass is 315 g/mol. The number of ether oxygens (including phenoxy) is 1. The lowest BCUT2D eigenvalue weighted by Crippen LogP contribution is -2.21. The van der Waals surface area contributed by atoms with Crippen LogP contribution in [-0.4, -0.2) is 12.3 Å². The van der Waals surface area contributed by atoms with Gasteiger partial charge in [0, 0.05) is 5.02 Å². The maximum Gasteiger partial charge on any atom is 0.573 e. The Hall–Kier alpha value is -2.21. The second kappa shape index (κ2) is 5.65. The molecule has 7 heteroatoms. The van der Waals surface area contributed by atoms with Gasteiger partial charge in [-0.2, -0.15) is 0 Å². The van der Waals surface area contributed by atoms with Gasteiger partial charge in [-0.3, -0.25) is 4.79 Å². The van der Waals surface area contributed by atoms with E-state index < -0.39 is 18.0 Å². The summed E-state index contributed by atoms with van der Waals surface area (Å²) >= 11 is 5.75. The predicted molar refractivity (Wildman–Crippen MR) is 72.1 cm³/mol. The first-order chi connectivity index (χ1) is 9.76. The zero-order valence-corrected chi connectivity index (χ0v) is 11.2. The molecular weight excluding hydrogens is 307 g/mol. The van der Waals surface area contributed by atoms with Crippen molar-refractivity contribution in [3.8, 4) is 16.9 Å². The van der Waals surface area contributed by atoms with Gasteiger partial charge in [-0.25, -0.2) is 0 Å². The van der Waals surface area contributed by atoms with E-state index in [1.54, 1.807) is 24.3 Å². The molecule has 0 radical (unpaired) electrons. The van der Waals surface area contributed by atoms with Crippen molar-refractivity contribution in [1.29, 1.82) is 0 Å². The van der Waals surface area contributed by atoms with Crippen LogP contribution >= 0.6 is 11.6 Å². The molecule has 110 valence electrons. The number of alkyl halides is 3. The van der Waals surface area contributed by atoms with Crippen LogP contribution in [0.4, 0.5) is 13.2 Å². The minimum atomic E-state index is -4.91. The number of hydrogen-bond acceptors (Lipinski definition) is 2. The fourth-order valence-corrected chi connectivity index (χ4v) is 1.88. The molecule has 2 aromatic rings. The summed E-state index contributed by atoms with van der Waals surface area (Å²) in [5, 5.41) is 0.499. The summed E-state index contributed by atoms with van der Waals surface area (Å²) < 4.78 is 41.0. The zero-order chi connectivity index (χ0) is 15.6. The average Bonchev–Trinajstić information content (AvgIpc) is 2.37. The van der Waals surface area contributed by atoms with Gasteiger partial charge in [-0.1, -0.05) is 29.8 Å². The first kappa shape index (κ1) is 15.2. The lowest BCUT2D eigenvalue weighted by atomic mass is 10.0. The second-order valence-corrected chi connectivity index (χ2v) is 4.57. The van der Waals surface area contributed by atoms with Crippen molar-refractivity contribution >= 4 is 17.5 Å². The molecule has 0 heterocycles. The largest absolute Gasteiger partial charge is 0.573 e. The van der Waals surface area contributed by atoms with Crippen molar-refractivity contribution in [2.24, 2.45) is 5.73 Å². The molecule has 0 aliphatic heterocycles. The molecule has 0 aromatic heterocycles. The van der Waals surface area contributed by atoms with Gasteiger partial charge in [-0.05, 0) is 35.4 Å². The molecule has 3 nitrogen and oxygen atoms in total. The number of hydrogen-bond donors (Lipinski definition) is 1. The predicted octanol–water partition coefficient (Wildman–Crippen LogP) is 4.00. The van der Waals surface area contributed by atoms with Crippen LogP contribution in [0.5, 0.6) is 5.75 Å². The van der Waals surface area contributed by atoms with Gasteiger partial charge in [0.2, 0.25) is 0 Å². The summed E-state index contributed by atoms with van der Waals surface area (Å²) in [7, 11) is 0. The van der Waals surface area contributed by atoms with Crippen molar-refractivity contribution < 1.29 is 22.7 Å². The summed E-state index contributed by atoms with van der Waals surface area (Å²) in [4.78, 5) is 11.2. The lowest BCUT2D eigenvalue weighted by Gasteiger charge is -2.13. The van der Waals surface area contributed by atoms with Crippen molar-refractivity contribution in [2.75, 3.05) is 0 Å². The van der Waals surface area contributed by atoms with E-state index in [9.17, 15) is 18.0 Å². The molecule has 0 spiro atoms. The first-order valence-electron chi connectivity index (χ1n) is 5.72. The molecular formula is C14H9ClF3NO2. The third-order valence-electron chi connectivity index (χ3n) is 2.65. The van der Waals surface area contributed by atoms with Crippen molar-refractivity contribution in [3.63, 3.8) is 0 Å². The Morgan fingerprint density at radius 1 is 1.05 bits per heavy atom. The number of amides is 1. The van der Waals surface area contributed by atoms with E-state index in [0.717, 1.165) is 6.07 Å². The summed E-state index contributed by atoms with van der Waals surface area (Å²) in [5.41, 5.74) is 5.76. The number of carbonyl (C=O) groups excluding carboxylic acids is 1. The Morgan fingerprint density at radius 3 is 2.14 bits per heavy atom. The van der Waals surface area contributed by atoms with Gasteiger partial charge in [0.15, 0.2) is 0 Å². The molecule has 0 fully saturated rings. The van der Waals surface area contributed by atoms with Crippen LogP contribution in [-0.2, 0) is 0 Å². The smallest absolute Gasteiger partial charge is 0.405 e. The number of nitrogens with two attached hydrogens (primary N) is 1. The van der Waals surface area contributed by atoms with Gasteiger partial charge in [-0.15, -0.1) is 13.2 Å². The molecule has 2 aromatic carbocycles. The van der Waals surface area contributed by atoms with Gasteiger partial charge >= 0.3 is 6.36 Å². The van der Waals surface area contributed by atoms with Crippen LogP contribution < -0.4 is 10.5 Å². The highest BCUT2D eigenvalue weighted by atomic mass is 35.5. The molecule has 2 rings (SSSR count). The van der Waals surface area contributed by atoms with Crippen LogP contribution in [0.1, 0.15) is 10.4 Å². The first-order valence-corrected chi connectivity index (χ1v) is 6.09. The second-order valence-electron chi connectivity index (χ2n) is 4.13. The Kier molecular flexibility index (Phi) is 4.09. The lowest BCUT2D eigenvalue weighted by molar-refractivity contribution is -0.274. The van der Waals surface area contributed by atoms with E-state index in [1.165, 1.54) is 12.1 Å². The van der Waals surface area contributed by atoms with Gasteiger partial charge in [0.05, 0.1) is 5.56 Å². The summed E-state index contributed by atoms with van der Waals surface area (Å²) in [5.74, 6) is -1.64. The molecule has 1 amide bonds. The number of benzene rings is 2. The van der Waals surface area contributed by atoms with E-state index in [1.807, 2.05) is 0 Å². The Morgan fingerprint density at radius 2 is 1.62 bits per heavy atom. The highest BCUT2D eigenvalue weighted by Gasteiger charge is 2.32. The molecule has 21 heavy (non-hydrogen) atoms. The topological polar surface area (TPSA) is 52.3 Å². The molecule has 0 atom stereocenters. The van der Waals surface area contributed by atoms with E-state index in [4.69, 9.17) is 17.3 Å². The summed E-state index contributed by atoms with van der Waals surface area (Å²) in [6.07, 6.45) is -4.91. The van der Waals surface area contributed by atoms with Crippen LogP contribution in [0.15, 0.2) is 42.5 Å². The van der Waals surface area contributed by atoms with Crippen molar-refractivity contribution in [1.82, 2.24) is 0 Å². The molecule has 0 unspecified atom stereocenters. The van der Waals surface area contributed by atoms with Crippen LogP contribution in [0.2, 0.25) is 5.02 Å². The maximum absolute atomic E-state index is 12.4. The highest BCUT2D eigenvalue weighted by Crippen LogP contribution is 2.31. The fourth-order valence-electron chi connectivity index (χ4n) is 1.76. The van der Waals surface area contributed by atoms with Crippen LogP contribution in [0.25, 0.3) is 11.1 Å². The number of halogens is 4. The van der Waals surface area contributed by atoms with Crippen molar-refractivity contribution in [3.05, 3.63) is 53.1 Å². The molecule has 2 N–H and O–H groups in total. The minimum Gasteiger partial charge on any atom is -0.405 e. The summed E-state index contributed by atoms with van der Waals surface area (Å²) in [6, 6.07) is 10.3. The number of rotatable bonds is 3. The average molecular weight is 316 g/mol. The third-order valence-corrected chi connectivity index (χ3v) is 2.90. The molecule has 0 saturated carbocycles. The molecule has 0 aliphatic rings. The fraction of sp³-hybridized carbons (Fsp3) is 0.0714. The Bertz CT molecular complexity index is 669. The zero-order valence-electron chi connectivity index (χ0n) is 10.4. The minimum absolute atomic E-state index is 0.343. The molecule has 0 aliphatic carbocycles. The molecule has 0 saturated heterocycles. The quantitative estimate of drug-likeness (QED) is 0.930. The van der Waals surface area contributed by atoms with E-state index in [0.29, 0.717) is 16.1 Å². The van der Waals surface area contributed by atoms with Gasteiger partial charge in [0.25, 0.3) is 5.91 Å². The van der Waals surface area contributed by atoms with E-state index in [-0.39, 0.29) is 5.56 Å². The Labute approximate surface area is 123 Å². The maximum atomic E-state index is 12.4. The van der Waals surface area contributed by atoms with Crippen molar-refractivity contribution in [2.45, 2.75) is 6.36 Å². The SMILES string of the molecule is NC(=O)c1ccc(-c2ccc(Cl)cc2)cc1OC(F)(F)F. The van der Waals surface area contributed by atoms with Gasteiger partial charge in [0.1, 0.15) is 5.75 Å². The van der Waals surface area contributed by atoms with Crippen LogP contribution in [0, 0.1) is 0 Å². The highest BCUT2D eigenvalue weighted by molar-refractivity contribution is 6.30. The van der Waals surface area contributed by atoms with Gasteiger partial charge < -0.3 is 10.5 Å². The van der Waals surface area contributed by atoms with E-state index in [2.05, 4.69) is 4.74 Å².